The molecule has 0 bridgehead atoms. The van der Waals surface area contributed by atoms with Crippen LogP contribution in [0.2, 0.25) is 0 Å². The molecule has 49 heavy (non-hydrogen) atoms. The monoisotopic (exact) mass is 687 g/mol. The van der Waals surface area contributed by atoms with Gasteiger partial charge in [0.05, 0.1) is 32.8 Å². The highest BCUT2D eigenvalue weighted by atomic mass is 35.5. The average molecular weight is 688 g/mol. The molecule has 0 fully saturated rings. The number of methoxy groups -OCH3 is 4. The summed E-state index contributed by atoms with van der Waals surface area (Å²) >= 11 is 7.26. The molecule has 2 heterocycles. The molecule has 0 amide bonds. The van der Waals surface area contributed by atoms with E-state index in [1.54, 1.807) is 28.4 Å². The Morgan fingerprint density at radius 1 is 0.796 bits per heavy atom. The van der Waals surface area contributed by atoms with Crippen LogP contribution in [-0.2, 0) is 33.1 Å². The summed E-state index contributed by atoms with van der Waals surface area (Å²) in [6.07, 6.45) is 13.8. The molecule has 7 heteroatoms. The van der Waals surface area contributed by atoms with Crippen LogP contribution in [0.5, 0.6) is 11.5 Å². The topological polar surface area (TPSA) is 43.2 Å². The third kappa shape index (κ3) is 6.89. The molecule has 0 aromatic heterocycles. The van der Waals surface area contributed by atoms with E-state index in [9.17, 15) is 0 Å². The summed E-state index contributed by atoms with van der Waals surface area (Å²) in [5, 5.41) is 0.873. The average Bonchev–Trinajstić information content (AvgIpc) is 3.46. The van der Waals surface area contributed by atoms with Gasteiger partial charge in [0.2, 0.25) is 5.69 Å². The molecule has 0 saturated heterocycles. The first-order valence-electron chi connectivity index (χ1n) is 17.8. The fourth-order valence-corrected chi connectivity index (χ4v) is 8.29. The van der Waals surface area contributed by atoms with Crippen LogP contribution in [0, 0.1) is 0 Å². The van der Waals surface area contributed by atoms with Crippen LogP contribution in [0.25, 0.3) is 0 Å². The van der Waals surface area contributed by atoms with E-state index in [0.717, 1.165) is 61.7 Å². The van der Waals surface area contributed by atoms with Crippen LogP contribution in [-0.4, -0.2) is 65.0 Å². The second-order valence-electron chi connectivity index (χ2n) is 14.2. The quantitative estimate of drug-likeness (QED) is 0.196. The SMILES string of the molecule is CCN1C(=CC=C2CCCC(C=CC3=[N+](CC)c4c(CCOC)cc(OC)cc4C3(C)C)=C2Cl)C(C)(C)c2cc(OC)cc(CCOC)c21. The van der Waals surface area contributed by atoms with Crippen LogP contribution in [0.4, 0.5) is 11.4 Å². The lowest BCUT2D eigenvalue weighted by Crippen LogP contribution is -2.27. The van der Waals surface area contributed by atoms with E-state index in [1.165, 1.54) is 56.2 Å². The number of halogens is 1. The zero-order chi connectivity index (χ0) is 35.5. The standard InChI is InChI=1S/C42H56ClN2O4/c1-11-44-36(41(3,4)34-26-32(48-9)24-30(39(34)44)20-22-46-7)18-16-28-14-13-15-29(38(28)43)17-19-37-42(5,6)35-27-33(49-10)25-31(21-23-47-8)40(35)45(37)12-2/h16-19,24-27H,11-15,20-23H2,1-10H3/q+1. The van der Waals surface area contributed by atoms with E-state index >= 15 is 0 Å². The molecule has 2 aromatic rings. The minimum Gasteiger partial charge on any atom is -0.497 e. The Labute approximate surface area is 299 Å². The highest BCUT2D eigenvalue weighted by Crippen LogP contribution is 2.51. The summed E-state index contributed by atoms with van der Waals surface area (Å²) in [6.45, 7) is 16.8. The number of allylic oxidation sites excluding steroid dienone is 8. The van der Waals surface area contributed by atoms with Crippen LogP contribution in [0.15, 0.2) is 70.4 Å². The first-order chi connectivity index (χ1) is 23.5. The van der Waals surface area contributed by atoms with Crippen molar-refractivity contribution in [3.8, 4) is 11.5 Å². The highest BCUT2D eigenvalue weighted by molar-refractivity contribution is 6.32. The summed E-state index contributed by atoms with van der Waals surface area (Å²) in [6, 6.07) is 8.73. The number of fused-ring (bicyclic) bond motifs is 2. The molecule has 1 aliphatic carbocycles. The van der Waals surface area contributed by atoms with Crippen molar-refractivity contribution in [3.63, 3.8) is 0 Å². The van der Waals surface area contributed by atoms with E-state index < -0.39 is 0 Å². The molecule has 2 aromatic carbocycles. The van der Waals surface area contributed by atoms with E-state index in [2.05, 4.69) is 99.6 Å². The fourth-order valence-electron chi connectivity index (χ4n) is 7.97. The Kier molecular flexibility index (Phi) is 11.5. The van der Waals surface area contributed by atoms with E-state index in [-0.39, 0.29) is 10.8 Å². The maximum Gasteiger partial charge on any atom is 0.213 e. The number of hydrogen-bond acceptors (Lipinski definition) is 5. The first-order valence-corrected chi connectivity index (χ1v) is 18.2. The number of rotatable bonds is 13. The number of nitrogens with zero attached hydrogens (tertiary/aromatic N) is 2. The normalized spacial score (nSPS) is 19.9. The lowest BCUT2D eigenvalue weighted by Gasteiger charge is -2.26. The highest BCUT2D eigenvalue weighted by Gasteiger charge is 2.46. The van der Waals surface area contributed by atoms with Crippen molar-refractivity contribution < 1.29 is 23.5 Å². The second kappa shape index (κ2) is 15.3. The second-order valence-corrected chi connectivity index (χ2v) is 14.6. The lowest BCUT2D eigenvalue weighted by molar-refractivity contribution is -0.433. The van der Waals surface area contributed by atoms with E-state index in [4.69, 9.17) is 30.5 Å². The summed E-state index contributed by atoms with van der Waals surface area (Å²) in [4.78, 5) is 2.46. The van der Waals surface area contributed by atoms with Gasteiger partial charge in [-0.3, -0.25) is 0 Å². The Hall–Kier alpha value is -3.32. The largest absolute Gasteiger partial charge is 0.497 e. The maximum atomic E-state index is 7.26. The van der Waals surface area contributed by atoms with Gasteiger partial charge in [0.25, 0.3) is 0 Å². The molecule has 2 aliphatic heterocycles. The van der Waals surface area contributed by atoms with Crippen LogP contribution in [0.1, 0.15) is 83.1 Å². The summed E-state index contributed by atoms with van der Waals surface area (Å²) in [7, 11) is 7.00. The van der Waals surface area contributed by atoms with Gasteiger partial charge in [-0.1, -0.05) is 37.6 Å². The number of benzene rings is 2. The Bertz CT molecular complexity index is 1730. The Morgan fingerprint density at radius 3 is 2.04 bits per heavy atom. The van der Waals surface area contributed by atoms with Gasteiger partial charge in [-0.25, -0.2) is 0 Å². The van der Waals surface area contributed by atoms with Crippen molar-refractivity contribution in [2.45, 2.75) is 84.5 Å². The van der Waals surface area contributed by atoms with E-state index in [1.807, 2.05) is 0 Å². The molecule has 5 rings (SSSR count). The van der Waals surface area contributed by atoms with Gasteiger partial charge in [0.1, 0.15) is 18.0 Å². The summed E-state index contributed by atoms with van der Waals surface area (Å²) in [5.74, 6) is 1.78. The lowest BCUT2D eigenvalue weighted by atomic mass is 9.80. The minimum atomic E-state index is -0.194. The zero-order valence-electron chi connectivity index (χ0n) is 31.4. The molecule has 0 unspecified atom stereocenters. The Morgan fingerprint density at radius 2 is 1.43 bits per heavy atom. The molecular weight excluding hydrogens is 632 g/mol. The van der Waals surface area contributed by atoms with Gasteiger partial charge < -0.3 is 23.8 Å². The van der Waals surface area contributed by atoms with Gasteiger partial charge in [0.15, 0.2) is 5.71 Å². The molecule has 6 nitrogen and oxygen atoms in total. The number of ether oxygens (including phenoxy) is 4. The van der Waals surface area contributed by atoms with Gasteiger partial charge >= 0.3 is 0 Å². The molecule has 0 spiro atoms. The van der Waals surface area contributed by atoms with Crippen molar-refractivity contribution in [3.05, 3.63) is 92.7 Å². The van der Waals surface area contributed by atoms with Crippen LogP contribution >= 0.6 is 11.6 Å². The smallest absolute Gasteiger partial charge is 0.213 e. The van der Waals surface area contributed by atoms with Crippen molar-refractivity contribution in [2.75, 3.05) is 59.6 Å². The molecular formula is C42H56ClN2O4+. The number of hydrogen-bond donors (Lipinski definition) is 0. The predicted octanol–water partition coefficient (Wildman–Crippen LogP) is 9.34. The minimum absolute atomic E-state index is 0.194. The summed E-state index contributed by atoms with van der Waals surface area (Å²) in [5.41, 5.74) is 12.2. The number of likely N-dealkylation sites (N-methyl/N-ethyl adjacent to an activating group) is 1. The molecule has 0 saturated carbocycles. The van der Waals surface area contributed by atoms with Gasteiger partial charge in [-0.05, 0) is 106 Å². The van der Waals surface area contributed by atoms with Crippen molar-refractivity contribution in [1.82, 2.24) is 0 Å². The van der Waals surface area contributed by atoms with Gasteiger partial charge in [-0.15, -0.1) is 0 Å². The van der Waals surface area contributed by atoms with Crippen molar-refractivity contribution in [2.24, 2.45) is 0 Å². The Balaban J connectivity index is 1.52. The van der Waals surface area contributed by atoms with E-state index in [0.29, 0.717) is 13.2 Å². The molecule has 264 valence electrons. The summed E-state index contributed by atoms with van der Waals surface area (Å²) < 4.78 is 24.9. The molecule has 0 radical (unpaired) electrons. The van der Waals surface area contributed by atoms with Crippen LogP contribution in [0.3, 0.4) is 0 Å². The van der Waals surface area contributed by atoms with Crippen LogP contribution < -0.4 is 14.4 Å². The van der Waals surface area contributed by atoms with Crippen molar-refractivity contribution >= 4 is 28.7 Å². The predicted molar refractivity (Wildman–Crippen MR) is 204 cm³/mol. The fraction of sp³-hybridized carbons (Fsp3) is 0.500. The third-order valence-electron chi connectivity index (χ3n) is 10.7. The molecule has 0 atom stereocenters. The number of anilines is 1. The van der Waals surface area contributed by atoms with Crippen molar-refractivity contribution in [1.29, 1.82) is 0 Å². The third-order valence-corrected chi connectivity index (χ3v) is 11.2. The maximum absolute atomic E-state index is 7.26. The zero-order valence-corrected chi connectivity index (χ0v) is 32.1. The van der Waals surface area contributed by atoms with Gasteiger partial charge in [-0.2, -0.15) is 4.58 Å². The molecule has 3 aliphatic rings. The first kappa shape index (κ1) is 36.9. The molecule has 0 N–H and O–H groups in total. The van der Waals surface area contributed by atoms with Gasteiger partial charge in [0, 0.05) is 66.2 Å².